The molecule has 3 N–H and O–H groups in total. The number of alkyl halides is 3. The molecular formula is C21H17F3N4O5. The zero-order chi connectivity index (χ0) is 24.0. The zero-order valence-electron chi connectivity index (χ0n) is 17.0. The molecule has 1 aromatic heterocycles. The Balaban J connectivity index is 1.81. The second-order valence-electron chi connectivity index (χ2n) is 6.49. The van der Waals surface area contributed by atoms with E-state index in [4.69, 9.17) is 15.2 Å². The van der Waals surface area contributed by atoms with Crippen LogP contribution in [0.15, 0.2) is 61.1 Å². The molecule has 0 aliphatic heterocycles. The van der Waals surface area contributed by atoms with Gasteiger partial charge in [0.25, 0.3) is 11.8 Å². The molecule has 0 aliphatic rings. The number of rotatable bonds is 8. The number of amides is 2. The maximum atomic E-state index is 12.4. The summed E-state index contributed by atoms with van der Waals surface area (Å²) >= 11 is 0. The molecule has 3 rings (SSSR count). The van der Waals surface area contributed by atoms with Gasteiger partial charge in [0.1, 0.15) is 35.0 Å². The van der Waals surface area contributed by atoms with Gasteiger partial charge in [0.2, 0.25) is 0 Å². The zero-order valence-corrected chi connectivity index (χ0v) is 17.0. The summed E-state index contributed by atoms with van der Waals surface area (Å²) in [5.41, 5.74) is 5.55. The SMILES string of the molecule is C[C@H](Oc1cc(Oc2ccc(OC(F)(F)F)cc2)ccc1NC(=O)c1ccncn1)C(N)=O. The number of carbonyl (C=O) groups is 2. The minimum Gasteiger partial charge on any atom is -0.479 e. The van der Waals surface area contributed by atoms with Crippen molar-refractivity contribution in [3.05, 3.63) is 66.7 Å². The number of nitrogens with two attached hydrogens (primary N) is 1. The molecule has 0 aliphatic carbocycles. The van der Waals surface area contributed by atoms with Gasteiger partial charge < -0.3 is 25.3 Å². The van der Waals surface area contributed by atoms with Crippen molar-refractivity contribution in [2.24, 2.45) is 5.73 Å². The predicted molar refractivity (Wildman–Crippen MR) is 109 cm³/mol. The molecule has 1 heterocycles. The van der Waals surface area contributed by atoms with Crippen LogP contribution < -0.4 is 25.3 Å². The number of nitrogens with zero attached hydrogens (tertiary/aromatic N) is 2. The van der Waals surface area contributed by atoms with Crippen molar-refractivity contribution < 1.29 is 37.0 Å². The van der Waals surface area contributed by atoms with E-state index in [1.807, 2.05) is 0 Å². The number of carbonyl (C=O) groups excluding carboxylic acids is 2. The van der Waals surface area contributed by atoms with Crippen LogP contribution in [0.1, 0.15) is 17.4 Å². The molecule has 0 bridgehead atoms. The standard InChI is InChI=1S/C21H17F3N4O5/c1-12(19(25)29)31-18-10-15(32-13-2-4-14(5-3-13)33-21(22,23)24)6-7-16(18)28-20(30)17-8-9-26-11-27-17/h2-12H,1H3,(H2,25,29)(H,28,30)/t12-/m0/s1. The molecule has 0 saturated carbocycles. The van der Waals surface area contributed by atoms with Gasteiger partial charge in [-0.15, -0.1) is 13.2 Å². The van der Waals surface area contributed by atoms with Crippen molar-refractivity contribution in [1.82, 2.24) is 9.97 Å². The maximum Gasteiger partial charge on any atom is 0.573 e. The van der Waals surface area contributed by atoms with Crippen molar-refractivity contribution in [3.8, 4) is 23.0 Å². The van der Waals surface area contributed by atoms with Gasteiger partial charge in [-0.05, 0) is 49.4 Å². The Morgan fingerprint density at radius 1 is 1.03 bits per heavy atom. The van der Waals surface area contributed by atoms with E-state index in [0.717, 1.165) is 12.1 Å². The summed E-state index contributed by atoms with van der Waals surface area (Å²) in [7, 11) is 0. The molecule has 9 nitrogen and oxygen atoms in total. The van der Waals surface area contributed by atoms with Crippen LogP contribution in [0.3, 0.4) is 0 Å². The molecule has 33 heavy (non-hydrogen) atoms. The van der Waals surface area contributed by atoms with Crippen LogP contribution in [0.5, 0.6) is 23.0 Å². The van der Waals surface area contributed by atoms with Crippen molar-refractivity contribution >= 4 is 17.5 Å². The molecule has 0 unspecified atom stereocenters. The van der Waals surface area contributed by atoms with E-state index in [0.29, 0.717) is 0 Å². The topological polar surface area (TPSA) is 126 Å². The lowest BCUT2D eigenvalue weighted by atomic mass is 10.2. The summed E-state index contributed by atoms with van der Waals surface area (Å²) in [6.07, 6.45) is -3.23. The molecule has 2 amide bonds. The fraction of sp³-hybridized carbons (Fsp3) is 0.143. The number of halogens is 3. The van der Waals surface area contributed by atoms with Gasteiger partial charge in [0.15, 0.2) is 6.10 Å². The van der Waals surface area contributed by atoms with Crippen LogP contribution in [0.2, 0.25) is 0 Å². The Morgan fingerprint density at radius 2 is 1.70 bits per heavy atom. The summed E-state index contributed by atoms with van der Waals surface area (Å²) in [6, 6.07) is 10.5. The number of aromatic nitrogens is 2. The van der Waals surface area contributed by atoms with Gasteiger partial charge in [-0.2, -0.15) is 0 Å². The van der Waals surface area contributed by atoms with E-state index in [9.17, 15) is 22.8 Å². The largest absolute Gasteiger partial charge is 0.573 e. The molecule has 12 heteroatoms. The van der Waals surface area contributed by atoms with E-state index in [1.54, 1.807) is 0 Å². The average molecular weight is 462 g/mol. The van der Waals surface area contributed by atoms with Gasteiger partial charge >= 0.3 is 6.36 Å². The van der Waals surface area contributed by atoms with Crippen LogP contribution in [-0.4, -0.2) is 34.2 Å². The summed E-state index contributed by atoms with van der Waals surface area (Å²) in [4.78, 5) is 31.4. The first-order valence-corrected chi connectivity index (χ1v) is 9.32. The van der Waals surface area contributed by atoms with E-state index in [2.05, 4.69) is 20.0 Å². The number of nitrogens with one attached hydrogen (secondary N) is 1. The van der Waals surface area contributed by atoms with Gasteiger partial charge in [-0.25, -0.2) is 9.97 Å². The fourth-order valence-electron chi connectivity index (χ4n) is 2.47. The van der Waals surface area contributed by atoms with Crippen molar-refractivity contribution in [2.45, 2.75) is 19.4 Å². The highest BCUT2D eigenvalue weighted by Crippen LogP contribution is 2.34. The number of hydrogen-bond acceptors (Lipinski definition) is 7. The van der Waals surface area contributed by atoms with Crippen molar-refractivity contribution in [1.29, 1.82) is 0 Å². The first-order chi connectivity index (χ1) is 15.6. The Kier molecular flexibility index (Phi) is 6.96. The summed E-state index contributed by atoms with van der Waals surface area (Å²) in [5.74, 6) is -1.21. The number of benzene rings is 2. The molecule has 1 atom stereocenters. The third-order valence-corrected chi connectivity index (χ3v) is 4.01. The molecule has 3 aromatic rings. The molecule has 0 saturated heterocycles. The van der Waals surface area contributed by atoms with Crippen LogP contribution in [0.4, 0.5) is 18.9 Å². The monoisotopic (exact) mass is 462 g/mol. The Hall–Kier alpha value is -4.35. The van der Waals surface area contributed by atoms with Gasteiger partial charge in [0.05, 0.1) is 5.69 Å². The average Bonchev–Trinajstić information content (AvgIpc) is 2.76. The molecular weight excluding hydrogens is 445 g/mol. The van der Waals surface area contributed by atoms with E-state index >= 15 is 0 Å². The minimum atomic E-state index is -4.81. The van der Waals surface area contributed by atoms with Crippen LogP contribution in [-0.2, 0) is 4.79 Å². The summed E-state index contributed by atoms with van der Waals surface area (Å²) in [6.45, 7) is 1.42. The minimum absolute atomic E-state index is 0.0678. The van der Waals surface area contributed by atoms with Gasteiger partial charge in [-0.1, -0.05) is 0 Å². The summed E-state index contributed by atoms with van der Waals surface area (Å²) < 4.78 is 51.9. The van der Waals surface area contributed by atoms with E-state index < -0.39 is 30.0 Å². The van der Waals surface area contributed by atoms with Crippen LogP contribution >= 0.6 is 0 Å². The highest BCUT2D eigenvalue weighted by molar-refractivity contribution is 6.03. The smallest absolute Gasteiger partial charge is 0.479 e. The van der Waals surface area contributed by atoms with E-state index in [-0.39, 0.29) is 28.6 Å². The van der Waals surface area contributed by atoms with E-state index in [1.165, 1.54) is 55.8 Å². The Labute approximate surface area is 185 Å². The highest BCUT2D eigenvalue weighted by Gasteiger charge is 2.31. The normalized spacial score (nSPS) is 11.9. The summed E-state index contributed by atoms with van der Waals surface area (Å²) in [5, 5.41) is 2.61. The second-order valence-corrected chi connectivity index (χ2v) is 6.49. The fourth-order valence-corrected chi connectivity index (χ4v) is 2.47. The number of anilines is 1. The Morgan fingerprint density at radius 3 is 2.30 bits per heavy atom. The quantitative estimate of drug-likeness (QED) is 0.523. The highest BCUT2D eigenvalue weighted by atomic mass is 19.4. The second kappa shape index (κ2) is 9.85. The van der Waals surface area contributed by atoms with Gasteiger partial charge in [0, 0.05) is 12.3 Å². The van der Waals surface area contributed by atoms with Gasteiger partial charge in [-0.3, -0.25) is 9.59 Å². The first-order valence-electron chi connectivity index (χ1n) is 9.32. The molecule has 172 valence electrons. The number of primary amides is 1. The molecule has 0 fully saturated rings. The van der Waals surface area contributed by atoms with Crippen LogP contribution in [0, 0.1) is 0 Å². The Bertz CT molecular complexity index is 1120. The first kappa shape index (κ1) is 23.3. The third-order valence-electron chi connectivity index (χ3n) is 4.01. The lowest BCUT2D eigenvalue weighted by Gasteiger charge is -2.17. The lowest BCUT2D eigenvalue weighted by Crippen LogP contribution is -2.31. The maximum absolute atomic E-state index is 12.4. The molecule has 0 spiro atoms. The van der Waals surface area contributed by atoms with Crippen LogP contribution in [0.25, 0.3) is 0 Å². The number of ether oxygens (including phenoxy) is 3. The van der Waals surface area contributed by atoms with Crippen molar-refractivity contribution in [3.63, 3.8) is 0 Å². The third kappa shape index (κ3) is 6.82. The predicted octanol–water partition coefficient (Wildman–Crippen LogP) is 3.67. The van der Waals surface area contributed by atoms with Crippen molar-refractivity contribution in [2.75, 3.05) is 5.32 Å². The molecule has 2 aromatic carbocycles. The lowest BCUT2D eigenvalue weighted by molar-refractivity contribution is -0.274. The number of hydrogen-bond donors (Lipinski definition) is 2. The molecule has 0 radical (unpaired) electrons.